The molecule has 0 unspecified atom stereocenters. The molecule has 112 valence electrons. The fourth-order valence-corrected chi connectivity index (χ4v) is 1.87. The first-order chi connectivity index (χ1) is 10.6. The zero-order valence-electron chi connectivity index (χ0n) is 12.0. The van der Waals surface area contributed by atoms with Gasteiger partial charge in [-0.15, -0.1) is 0 Å². The normalized spacial score (nSPS) is 10.2. The van der Waals surface area contributed by atoms with Crippen molar-refractivity contribution in [3.05, 3.63) is 60.2 Å². The highest BCUT2D eigenvalue weighted by Crippen LogP contribution is 2.08. The minimum absolute atomic E-state index is 0.0968. The Morgan fingerprint density at radius 2 is 1.64 bits per heavy atom. The van der Waals surface area contributed by atoms with Crippen LogP contribution in [0.1, 0.15) is 12.5 Å². The van der Waals surface area contributed by atoms with Gasteiger partial charge in [0, 0.05) is 18.3 Å². The third kappa shape index (κ3) is 5.34. The van der Waals surface area contributed by atoms with Crippen LogP contribution in [0.3, 0.4) is 0 Å². The lowest BCUT2D eigenvalue weighted by Crippen LogP contribution is -2.23. The van der Waals surface area contributed by atoms with Crippen LogP contribution in [-0.2, 0) is 4.79 Å². The number of anilines is 2. The number of para-hydroxylation sites is 1. The van der Waals surface area contributed by atoms with Gasteiger partial charge in [-0.05, 0) is 42.0 Å². The minimum Gasteiger partial charge on any atom is -0.331 e. The smallest absolute Gasteiger partial charge is 0.221 e. The predicted molar refractivity (Wildman–Crippen MR) is 94.1 cm³/mol. The van der Waals surface area contributed by atoms with Crippen molar-refractivity contribution in [1.29, 1.82) is 0 Å². The van der Waals surface area contributed by atoms with Gasteiger partial charge in [-0.2, -0.15) is 5.10 Å². The molecule has 2 aromatic carbocycles. The summed E-state index contributed by atoms with van der Waals surface area (Å²) in [4.78, 5) is 10.9. The Bertz CT molecular complexity index is 668. The van der Waals surface area contributed by atoms with E-state index < -0.39 is 0 Å². The second-order valence-corrected chi connectivity index (χ2v) is 4.90. The van der Waals surface area contributed by atoms with Crippen molar-refractivity contribution in [1.82, 2.24) is 5.43 Å². The van der Waals surface area contributed by atoms with E-state index in [2.05, 4.69) is 21.2 Å². The predicted octanol–water partition coefficient (Wildman–Crippen LogP) is 2.97. The highest BCUT2D eigenvalue weighted by Gasteiger charge is 1.96. The summed E-state index contributed by atoms with van der Waals surface area (Å²) in [6, 6.07) is 16.9. The first kappa shape index (κ1) is 15.7. The van der Waals surface area contributed by atoms with E-state index in [0.717, 1.165) is 16.9 Å². The van der Waals surface area contributed by atoms with E-state index in [-0.39, 0.29) is 5.91 Å². The second-order valence-electron chi connectivity index (χ2n) is 4.49. The van der Waals surface area contributed by atoms with E-state index in [0.29, 0.717) is 5.11 Å². The topological polar surface area (TPSA) is 65.5 Å². The fourth-order valence-electron chi connectivity index (χ4n) is 1.70. The minimum atomic E-state index is -0.0968. The van der Waals surface area contributed by atoms with E-state index in [4.69, 9.17) is 12.2 Å². The van der Waals surface area contributed by atoms with Crippen molar-refractivity contribution in [3.63, 3.8) is 0 Å². The van der Waals surface area contributed by atoms with E-state index in [1.54, 1.807) is 6.21 Å². The van der Waals surface area contributed by atoms with Crippen LogP contribution in [0.5, 0.6) is 0 Å². The molecule has 0 saturated heterocycles. The van der Waals surface area contributed by atoms with E-state index >= 15 is 0 Å². The van der Waals surface area contributed by atoms with Crippen molar-refractivity contribution in [2.45, 2.75) is 6.92 Å². The molecular weight excluding hydrogens is 296 g/mol. The molecule has 0 aliphatic rings. The van der Waals surface area contributed by atoms with Crippen LogP contribution < -0.4 is 16.1 Å². The second kappa shape index (κ2) is 7.90. The third-order valence-corrected chi connectivity index (χ3v) is 2.84. The molecule has 2 aromatic rings. The van der Waals surface area contributed by atoms with Crippen LogP contribution in [0.25, 0.3) is 0 Å². The van der Waals surface area contributed by atoms with Crippen molar-refractivity contribution in [2.24, 2.45) is 5.10 Å². The summed E-state index contributed by atoms with van der Waals surface area (Å²) in [6.45, 7) is 1.47. The average Bonchev–Trinajstić information content (AvgIpc) is 2.49. The van der Waals surface area contributed by atoms with Crippen molar-refractivity contribution in [3.8, 4) is 0 Å². The zero-order valence-corrected chi connectivity index (χ0v) is 12.9. The van der Waals surface area contributed by atoms with Gasteiger partial charge in [-0.3, -0.25) is 10.2 Å². The van der Waals surface area contributed by atoms with Crippen molar-refractivity contribution >= 4 is 40.8 Å². The monoisotopic (exact) mass is 312 g/mol. The molecule has 0 spiro atoms. The molecule has 6 heteroatoms. The number of nitrogens with one attached hydrogen (secondary N) is 3. The molecule has 0 radical (unpaired) electrons. The number of nitrogens with zero attached hydrogens (tertiary/aromatic N) is 1. The van der Waals surface area contributed by atoms with Gasteiger partial charge in [-0.25, -0.2) is 0 Å². The van der Waals surface area contributed by atoms with E-state index in [9.17, 15) is 4.79 Å². The number of carbonyl (C=O) groups is 1. The Hall–Kier alpha value is -2.73. The number of hydrogen-bond donors (Lipinski definition) is 3. The SMILES string of the molecule is CC(=O)Nc1ccc(C=NNC(=S)Nc2ccccc2)cc1. The van der Waals surface area contributed by atoms with Crippen LogP contribution in [0.4, 0.5) is 11.4 Å². The lowest BCUT2D eigenvalue weighted by Gasteiger charge is -2.06. The number of carbonyl (C=O) groups excluding carboxylic acids is 1. The summed E-state index contributed by atoms with van der Waals surface area (Å²) >= 11 is 5.14. The highest BCUT2D eigenvalue weighted by atomic mass is 32.1. The Balaban J connectivity index is 1.84. The molecule has 5 nitrogen and oxygen atoms in total. The molecule has 0 aliphatic carbocycles. The molecule has 0 bridgehead atoms. The number of thiocarbonyl (C=S) groups is 1. The van der Waals surface area contributed by atoms with Crippen LogP contribution in [0.15, 0.2) is 59.7 Å². The Morgan fingerprint density at radius 1 is 1.00 bits per heavy atom. The number of amides is 1. The molecule has 0 aliphatic heterocycles. The molecule has 0 atom stereocenters. The van der Waals surface area contributed by atoms with Gasteiger partial charge in [0.25, 0.3) is 0 Å². The van der Waals surface area contributed by atoms with Gasteiger partial charge in [0.2, 0.25) is 5.91 Å². The van der Waals surface area contributed by atoms with Crippen LogP contribution in [0.2, 0.25) is 0 Å². The molecule has 0 aromatic heterocycles. The summed E-state index contributed by atoms with van der Waals surface area (Å²) in [5, 5.41) is 10.2. The first-order valence-electron chi connectivity index (χ1n) is 6.66. The van der Waals surface area contributed by atoms with Crippen LogP contribution >= 0.6 is 12.2 Å². The molecule has 22 heavy (non-hydrogen) atoms. The Kier molecular flexibility index (Phi) is 5.62. The average molecular weight is 312 g/mol. The molecule has 3 N–H and O–H groups in total. The Morgan fingerprint density at radius 3 is 2.27 bits per heavy atom. The number of benzene rings is 2. The zero-order chi connectivity index (χ0) is 15.8. The van der Waals surface area contributed by atoms with E-state index in [1.165, 1.54) is 6.92 Å². The first-order valence-corrected chi connectivity index (χ1v) is 7.07. The summed E-state index contributed by atoms with van der Waals surface area (Å²) in [5.74, 6) is -0.0968. The molecule has 1 amide bonds. The summed E-state index contributed by atoms with van der Waals surface area (Å²) in [5.41, 5.74) is 5.29. The standard InChI is InChI=1S/C16H16N4OS/c1-12(21)18-15-9-7-13(8-10-15)11-17-20-16(22)19-14-5-3-2-4-6-14/h2-11H,1H3,(H,18,21)(H2,19,20,22). The van der Waals surface area contributed by atoms with Crippen molar-refractivity contribution in [2.75, 3.05) is 10.6 Å². The molecule has 2 rings (SSSR count). The largest absolute Gasteiger partial charge is 0.331 e. The van der Waals surface area contributed by atoms with Crippen molar-refractivity contribution < 1.29 is 4.79 Å². The number of hydrazone groups is 1. The summed E-state index contributed by atoms with van der Waals surface area (Å²) < 4.78 is 0. The maximum Gasteiger partial charge on any atom is 0.221 e. The molecule has 0 heterocycles. The van der Waals surface area contributed by atoms with Gasteiger partial charge in [0.15, 0.2) is 5.11 Å². The van der Waals surface area contributed by atoms with Gasteiger partial charge in [0.1, 0.15) is 0 Å². The maximum absolute atomic E-state index is 10.9. The number of hydrogen-bond acceptors (Lipinski definition) is 3. The third-order valence-electron chi connectivity index (χ3n) is 2.64. The quantitative estimate of drug-likeness (QED) is 0.461. The summed E-state index contributed by atoms with van der Waals surface area (Å²) in [6.07, 6.45) is 1.65. The van der Waals surface area contributed by atoms with Gasteiger partial charge in [-0.1, -0.05) is 30.3 Å². The molecular formula is C16H16N4OS. The molecule has 0 saturated carbocycles. The fraction of sp³-hybridized carbons (Fsp3) is 0.0625. The van der Waals surface area contributed by atoms with Gasteiger partial charge < -0.3 is 10.6 Å². The molecule has 0 fully saturated rings. The number of rotatable bonds is 4. The Labute approximate surface area is 134 Å². The van der Waals surface area contributed by atoms with Crippen LogP contribution in [0, 0.1) is 0 Å². The van der Waals surface area contributed by atoms with E-state index in [1.807, 2.05) is 54.6 Å². The summed E-state index contributed by atoms with van der Waals surface area (Å²) in [7, 11) is 0. The lowest BCUT2D eigenvalue weighted by molar-refractivity contribution is -0.114. The lowest BCUT2D eigenvalue weighted by atomic mass is 10.2. The van der Waals surface area contributed by atoms with Gasteiger partial charge in [0.05, 0.1) is 6.21 Å². The highest BCUT2D eigenvalue weighted by molar-refractivity contribution is 7.80. The van der Waals surface area contributed by atoms with Crippen LogP contribution in [-0.4, -0.2) is 17.2 Å². The van der Waals surface area contributed by atoms with Gasteiger partial charge >= 0.3 is 0 Å². The maximum atomic E-state index is 10.9.